The molecular weight excluding hydrogens is 256 g/mol. The van der Waals surface area contributed by atoms with Crippen molar-refractivity contribution in [3.8, 4) is 5.75 Å². The molecule has 0 aliphatic carbocycles. The first-order valence-electron chi connectivity index (χ1n) is 7.06. The normalized spacial score (nSPS) is 24.1. The Hall–Kier alpha value is -1.59. The highest BCUT2D eigenvalue weighted by Crippen LogP contribution is 2.30. The molecule has 3 rings (SSSR count). The highest BCUT2D eigenvalue weighted by molar-refractivity contribution is 5.81. The van der Waals surface area contributed by atoms with Crippen molar-refractivity contribution in [2.24, 2.45) is 0 Å². The molecule has 0 saturated carbocycles. The summed E-state index contributed by atoms with van der Waals surface area (Å²) in [5, 5.41) is 3.30. The molecule has 5 nitrogen and oxygen atoms in total. The van der Waals surface area contributed by atoms with Crippen LogP contribution in [0.3, 0.4) is 0 Å². The molecule has 2 heterocycles. The zero-order valence-corrected chi connectivity index (χ0v) is 11.7. The summed E-state index contributed by atoms with van der Waals surface area (Å²) < 4.78 is 10.7. The van der Waals surface area contributed by atoms with E-state index in [0.717, 1.165) is 37.4 Å². The Morgan fingerprint density at radius 3 is 2.90 bits per heavy atom. The summed E-state index contributed by atoms with van der Waals surface area (Å²) in [6, 6.07) is 8.16. The Labute approximate surface area is 118 Å². The van der Waals surface area contributed by atoms with Gasteiger partial charge in [0, 0.05) is 19.3 Å². The number of nitrogens with zero attached hydrogens (tertiary/aromatic N) is 1. The minimum Gasteiger partial charge on any atom is -0.497 e. The van der Waals surface area contributed by atoms with Gasteiger partial charge in [0.25, 0.3) is 0 Å². The predicted molar refractivity (Wildman–Crippen MR) is 74.4 cm³/mol. The maximum Gasteiger partial charge on any atom is 0.238 e. The van der Waals surface area contributed by atoms with E-state index in [1.54, 1.807) is 7.11 Å². The van der Waals surface area contributed by atoms with Crippen LogP contribution in [0.25, 0.3) is 0 Å². The first-order valence-corrected chi connectivity index (χ1v) is 7.06. The maximum atomic E-state index is 12.2. The van der Waals surface area contributed by atoms with Gasteiger partial charge in [-0.25, -0.2) is 0 Å². The molecule has 1 atom stereocenters. The summed E-state index contributed by atoms with van der Waals surface area (Å²) in [5.74, 6) is 0.986. The van der Waals surface area contributed by atoms with E-state index in [-0.39, 0.29) is 18.1 Å². The topological polar surface area (TPSA) is 50.8 Å². The van der Waals surface area contributed by atoms with E-state index in [4.69, 9.17) is 9.47 Å². The van der Waals surface area contributed by atoms with Gasteiger partial charge < -0.3 is 14.4 Å². The lowest BCUT2D eigenvalue weighted by atomic mass is 10.0. The Balaban J connectivity index is 1.84. The molecular formula is C15H20N2O3. The number of ether oxygens (including phenoxy) is 2. The minimum atomic E-state index is -0.0549. The number of hydrogen-bond acceptors (Lipinski definition) is 4. The van der Waals surface area contributed by atoms with Crippen molar-refractivity contribution < 1.29 is 14.3 Å². The lowest BCUT2D eigenvalue weighted by molar-refractivity contribution is -0.132. The monoisotopic (exact) mass is 276 g/mol. The number of carbonyl (C=O) groups is 1. The van der Waals surface area contributed by atoms with Crippen LogP contribution in [0.15, 0.2) is 24.3 Å². The number of rotatable bonds is 3. The summed E-state index contributed by atoms with van der Waals surface area (Å²) in [6.07, 6.45) is 1.77. The number of methoxy groups -OCH3 is 1. The highest BCUT2D eigenvalue weighted by atomic mass is 16.5. The molecule has 1 aromatic rings. The molecule has 1 amide bonds. The van der Waals surface area contributed by atoms with Crippen LogP contribution in [-0.2, 0) is 9.53 Å². The first kappa shape index (κ1) is 13.4. The minimum absolute atomic E-state index is 0.0549. The fourth-order valence-corrected chi connectivity index (χ4v) is 2.99. The summed E-state index contributed by atoms with van der Waals surface area (Å²) >= 11 is 0. The smallest absolute Gasteiger partial charge is 0.238 e. The number of hydrogen-bond donors (Lipinski definition) is 1. The van der Waals surface area contributed by atoms with E-state index in [2.05, 4.69) is 5.32 Å². The Morgan fingerprint density at radius 1 is 1.35 bits per heavy atom. The fourth-order valence-electron chi connectivity index (χ4n) is 2.99. The van der Waals surface area contributed by atoms with Crippen LogP contribution in [0.4, 0.5) is 0 Å². The van der Waals surface area contributed by atoms with Crippen LogP contribution >= 0.6 is 0 Å². The third kappa shape index (κ3) is 2.51. The molecule has 2 fully saturated rings. The lowest BCUT2D eigenvalue weighted by Crippen LogP contribution is -2.42. The zero-order chi connectivity index (χ0) is 13.9. The van der Waals surface area contributed by atoms with Crippen molar-refractivity contribution in [3.05, 3.63) is 29.8 Å². The third-order valence-electron chi connectivity index (χ3n) is 4.01. The van der Waals surface area contributed by atoms with Crippen LogP contribution in [0.5, 0.6) is 5.75 Å². The molecule has 2 saturated heterocycles. The van der Waals surface area contributed by atoms with Crippen molar-refractivity contribution in [3.63, 3.8) is 0 Å². The molecule has 2 aliphatic heterocycles. The summed E-state index contributed by atoms with van der Waals surface area (Å²) in [4.78, 5) is 14.2. The van der Waals surface area contributed by atoms with Crippen molar-refractivity contribution in [2.45, 2.75) is 25.0 Å². The molecule has 1 unspecified atom stereocenters. The van der Waals surface area contributed by atoms with Crippen LogP contribution in [-0.4, -0.2) is 43.7 Å². The largest absolute Gasteiger partial charge is 0.497 e. The van der Waals surface area contributed by atoms with Gasteiger partial charge in [-0.15, -0.1) is 0 Å². The van der Waals surface area contributed by atoms with E-state index >= 15 is 0 Å². The average Bonchev–Trinajstić information content (AvgIpc) is 2.90. The van der Waals surface area contributed by atoms with Crippen molar-refractivity contribution in [1.82, 2.24) is 10.2 Å². The molecule has 5 heteroatoms. The molecule has 0 spiro atoms. The Kier molecular flexibility index (Phi) is 3.89. The second-order valence-corrected chi connectivity index (χ2v) is 5.20. The van der Waals surface area contributed by atoms with Gasteiger partial charge in [-0.3, -0.25) is 10.1 Å². The zero-order valence-electron chi connectivity index (χ0n) is 11.7. The number of amides is 1. The van der Waals surface area contributed by atoms with Gasteiger partial charge in [0.05, 0.1) is 13.7 Å². The van der Waals surface area contributed by atoms with Crippen LogP contribution < -0.4 is 10.1 Å². The van der Waals surface area contributed by atoms with Gasteiger partial charge in [-0.05, 0) is 30.5 Å². The van der Waals surface area contributed by atoms with E-state index in [1.807, 2.05) is 29.2 Å². The average molecular weight is 276 g/mol. The molecule has 108 valence electrons. The standard InChI is InChI=1S/C15H20N2O3/c1-19-13-4-2-3-11(9-13)15-16-10-14(18)17(15)12-5-7-20-8-6-12/h2-4,9,12,15-16H,5-8,10H2,1H3. The van der Waals surface area contributed by atoms with Crippen molar-refractivity contribution in [1.29, 1.82) is 0 Å². The molecule has 0 radical (unpaired) electrons. The second-order valence-electron chi connectivity index (χ2n) is 5.20. The van der Waals surface area contributed by atoms with E-state index in [9.17, 15) is 4.79 Å². The lowest BCUT2D eigenvalue weighted by Gasteiger charge is -2.35. The van der Waals surface area contributed by atoms with Gasteiger partial charge in [-0.1, -0.05) is 12.1 Å². The van der Waals surface area contributed by atoms with E-state index in [0.29, 0.717) is 6.54 Å². The molecule has 0 aromatic heterocycles. The molecule has 0 bridgehead atoms. The number of carbonyl (C=O) groups excluding carboxylic acids is 1. The van der Waals surface area contributed by atoms with Gasteiger partial charge in [0.2, 0.25) is 5.91 Å². The van der Waals surface area contributed by atoms with Crippen molar-refractivity contribution in [2.75, 3.05) is 26.9 Å². The van der Waals surface area contributed by atoms with Crippen LogP contribution in [0.2, 0.25) is 0 Å². The predicted octanol–water partition coefficient (Wildman–Crippen LogP) is 1.30. The highest BCUT2D eigenvalue weighted by Gasteiger charge is 2.37. The van der Waals surface area contributed by atoms with Gasteiger partial charge >= 0.3 is 0 Å². The summed E-state index contributed by atoms with van der Waals surface area (Å²) in [6.45, 7) is 1.87. The quantitative estimate of drug-likeness (QED) is 0.904. The van der Waals surface area contributed by atoms with Gasteiger partial charge in [0.1, 0.15) is 11.9 Å². The second kappa shape index (κ2) is 5.81. The summed E-state index contributed by atoms with van der Waals surface area (Å²) in [7, 11) is 1.66. The van der Waals surface area contributed by atoms with Gasteiger partial charge in [0.15, 0.2) is 0 Å². The van der Waals surface area contributed by atoms with Crippen LogP contribution in [0, 0.1) is 0 Å². The molecule has 1 N–H and O–H groups in total. The number of nitrogens with one attached hydrogen (secondary N) is 1. The fraction of sp³-hybridized carbons (Fsp3) is 0.533. The Morgan fingerprint density at radius 2 is 2.15 bits per heavy atom. The van der Waals surface area contributed by atoms with E-state index < -0.39 is 0 Å². The van der Waals surface area contributed by atoms with E-state index in [1.165, 1.54) is 0 Å². The van der Waals surface area contributed by atoms with Gasteiger partial charge in [-0.2, -0.15) is 0 Å². The molecule has 2 aliphatic rings. The molecule has 20 heavy (non-hydrogen) atoms. The molecule has 1 aromatic carbocycles. The number of benzene rings is 1. The van der Waals surface area contributed by atoms with Crippen LogP contribution in [0.1, 0.15) is 24.6 Å². The van der Waals surface area contributed by atoms with Crippen molar-refractivity contribution >= 4 is 5.91 Å². The Bertz CT molecular complexity index is 486. The first-order chi connectivity index (χ1) is 9.79. The summed E-state index contributed by atoms with van der Waals surface area (Å²) in [5.41, 5.74) is 1.07. The third-order valence-corrected chi connectivity index (χ3v) is 4.01. The maximum absolute atomic E-state index is 12.2. The SMILES string of the molecule is COc1cccc(C2NCC(=O)N2C2CCOCC2)c1.